The zero-order valence-electron chi connectivity index (χ0n) is 12.0. The summed E-state index contributed by atoms with van der Waals surface area (Å²) in [6.45, 7) is 3.51. The van der Waals surface area contributed by atoms with Gasteiger partial charge in [0.15, 0.2) is 0 Å². The van der Waals surface area contributed by atoms with Crippen molar-refractivity contribution >= 4 is 11.8 Å². The fourth-order valence-corrected chi connectivity index (χ4v) is 2.21. The molecule has 1 atom stereocenters. The second-order valence-electron chi connectivity index (χ2n) is 5.02. The van der Waals surface area contributed by atoms with Crippen molar-refractivity contribution in [2.75, 3.05) is 0 Å². The number of ether oxygens (including phenoxy) is 1. The standard InChI is InChI=1S/C17H16N2O2/c1-12-8-10-15(11-9-12)17-19(13(2)20)18-16(21-17)14-6-4-3-5-7-14/h3-11,17H,1-2H3/t17-/m0/s1. The first-order valence-electron chi connectivity index (χ1n) is 6.82. The molecule has 4 nitrogen and oxygen atoms in total. The first-order valence-corrected chi connectivity index (χ1v) is 6.82. The summed E-state index contributed by atoms with van der Waals surface area (Å²) in [6, 6.07) is 17.5. The van der Waals surface area contributed by atoms with Crippen LogP contribution in [-0.2, 0) is 9.53 Å². The van der Waals surface area contributed by atoms with Crippen molar-refractivity contribution in [2.24, 2.45) is 5.10 Å². The molecule has 1 heterocycles. The second-order valence-corrected chi connectivity index (χ2v) is 5.02. The number of hydrazone groups is 1. The molecule has 2 aromatic carbocycles. The van der Waals surface area contributed by atoms with Gasteiger partial charge in [-0.1, -0.05) is 48.0 Å². The Hall–Kier alpha value is -2.62. The minimum absolute atomic E-state index is 0.147. The van der Waals surface area contributed by atoms with Gasteiger partial charge in [0.2, 0.25) is 18.0 Å². The van der Waals surface area contributed by atoms with Crippen molar-refractivity contribution in [3.63, 3.8) is 0 Å². The molecule has 0 fully saturated rings. The molecule has 0 aromatic heterocycles. The van der Waals surface area contributed by atoms with Gasteiger partial charge in [0.25, 0.3) is 0 Å². The Morgan fingerprint density at radius 2 is 1.76 bits per heavy atom. The monoisotopic (exact) mass is 280 g/mol. The SMILES string of the molecule is CC(=O)N1N=C(c2ccccc2)O[C@H]1c1ccc(C)cc1. The number of hydrogen-bond acceptors (Lipinski definition) is 3. The van der Waals surface area contributed by atoms with E-state index in [1.54, 1.807) is 0 Å². The topological polar surface area (TPSA) is 41.9 Å². The van der Waals surface area contributed by atoms with E-state index in [0.29, 0.717) is 5.90 Å². The van der Waals surface area contributed by atoms with Crippen LogP contribution in [0.3, 0.4) is 0 Å². The molecule has 0 aliphatic carbocycles. The Balaban J connectivity index is 1.93. The number of nitrogens with zero attached hydrogens (tertiary/aromatic N) is 2. The number of amides is 1. The molecule has 1 aliphatic rings. The molecular formula is C17H16N2O2. The molecular weight excluding hydrogens is 264 g/mol. The van der Waals surface area contributed by atoms with Crippen LogP contribution >= 0.6 is 0 Å². The lowest BCUT2D eigenvalue weighted by Crippen LogP contribution is -2.25. The van der Waals surface area contributed by atoms with Crippen LogP contribution in [-0.4, -0.2) is 16.8 Å². The zero-order valence-corrected chi connectivity index (χ0v) is 12.0. The lowest BCUT2D eigenvalue weighted by atomic mass is 10.1. The smallest absolute Gasteiger partial charge is 0.243 e. The fraction of sp³-hybridized carbons (Fsp3) is 0.176. The predicted molar refractivity (Wildman–Crippen MR) is 80.5 cm³/mol. The number of carbonyl (C=O) groups is 1. The molecule has 0 saturated heterocycles. The van der Waals surface area contributed by atoms with Crippen LogP contribution in [0.2, 0.25) is 0 Å². The van der Waals surface area contributed by atoms with Crippen LogP contribution in [0.25, 0.3) is 0 Å². The van der Waals surface area contributed by atoms with E-state index in [0.717, 1.165) is 16.7 Å². The van der Waals surface area contributed by atoms with E-state index in [4.69, 9.17) is 4.74 Å². The van der Waals surface area contributed by atoms with Gasteiger partial charge in [-0.15, -0.1) is 5.10 Å². The van der Waals surface area contributed by atoms with Gasteiger partial charge in [-0.3, -0.25) is 4.79 Å². The van der Waals surface area contributed by atoms with E-state index in [-0.39, 0.29) is 5.91 Å². The minimum Gasteiger partial charge on any atom is -0.446 e. The van der Waals surface area contributed by atoms with E-state index >= 15 is 0 Å². The number of rotatable bonds is 2. The largest absolute Gasteiger partial charge is 0.446 e. The third-order valence-corrected chi connectivity index (χ3v) is 3.35. The second kappa shape index (κ2) is 5.40. The van der Waals surface area contributed by atoms with Gasteiger partial charge in [-0.25, -0.2) is 0 Å². The van der Waals surface area contributed by atoms with E-state index in [2.05, 4.69) is 5.10 Å². The molecule has 1 amide bonds. The molecule has 21 heavy (non-hydrogen) atoms. The maximum Gasteiger partial charge on any atom is 0.243 e. The first-order chi connectivity index (χ1) is 10.1. The molecule has 4 heteroatoms. The van der Waals surface area contributed by atoms with Crippen LogP contribution in [0, 0.1) is 6.92 Å². The average molecular weight is 280 g/mol. The Labute approximate surface area is 123 Å². The van der Waals surface area contributed by atoms with Gasteiger partial charge >= 0.3 is 0 Å². The fourth-order valence-electron chi connectivity index (χ4n) is 2.21. The molecule has 0 unspecified atom stereocenters. The highest BCUT2D eigenvalue weighted by molar-refractivity contribution is 5.96. The van der Waals surface area contributed by atoms with Crippen molar-refractivity contribution < 1.29 is 9.53 Å². The predicted octanol–water partition coefficient (Wildman–Crippen LogP) is 3.23. The summed E-state index contributed by atoms with van der Waals surface area (Å²) in [4.78, 5) is 11.8. The third kappa shape index (κ3) is 2.65. The van der Waals surface area contributed by atoms with Gasteiger partial charge in [-0.2, -0.15) is 5.01 Å². The highest BCUT2D eigenvalue weighted by Crippen LogP contribution is 2.30. The van der Waals surface area contributed by atoms with E-state index in [9.17, 15) is 4.79 Å². The summed E-state index contributed by atoms with van der Waals surface area (Å²) in [5.41, 5.74) is 2.93. The van der Waals surface area contributed by atoms with E-state index in [1.807, 2.05) is 61.5 Å². The molecule has 0 saturated carbocycles. The number of hydrogen-bond donors (Lipinski definition) is 0. The van der Waals surface area contributed by atoms with Gasteiger partial charge in [0.05, 0.1) is 0 Å². The van der Waals surface area contributed by atoms with Crippen LogP contribution < -0.4 is 0 Å². The van der Waals surface area contributed by atoms with Gasteiger partial charge in [0, 0.05) is 18.1 Å². The molecule has 0 spiro atoms. The summed E-state index contributed by atoms with van der Waals surface area (Å²) in [7, 11) is 0. The summed E-state index contributed by atoms with van der Waals surface area (Å²) in [6.07, 6.45) is -0.502. The third-order valence-electron chi connectivity index (χ3n) is 3.35. The average Bonchev–Trinajstić information content (AvgIpc) is 2.94. The summed E-state index contributed by atoms with van der Waals surface area (Å²) in [5.74, 6) is 0.322. The first kappa shape index (κ1) is 13.4. The Morgan fingerprint density at radius 3 is 2.38 bits per heavy atom. The van der Waals surface area contributed by atoms with Crippen LogP contribution in [0.15, 0.2) is 59.7 Å². The lowest BCUT2D eigenvalue weighted by Gasteiger charge is -2.19. The quantitative estimate of drug-likeness (QED) is 0.847. The summed E-state index contributed by atoms with van der Waals surface area (Å²) < 4.78 is 5.90. The van der Waals surface area contributed by atoms with E-state index < -0.39 is 6.23 Å². The minimum atomic E-state index is -0.502. The van der Waals surface area contributed by atoms with Crippen LogP contribution in [0.1, 0.15) is 29.8 Å². The molecule has 0 N–H and O–H groups in total. The van der Waals surface area contributed by atoms with Crippen molar-refractivity contribution in [3.05, 3.63) is 71.3 Å². The Morgan fingerprint density at radius 1 is 1.10 bits per heavy atom. The number of carbonyl (C=O) groups excluding carboxylic acids is 1. The maximum absolute atomic E-state index is 11.8. The van der Waals surface area contributed by atoms with Gasteiger partial charge in [0.1, 0.15) is 0 Å². The maximum atomic E-state index is 11.8. The molecule has 1 aliphatic heterocycles. The van der Waals surface area contributed by atoms with Crippen LogP contribution in [0.4, 0.5) is 0 Å². The van der Waals surface area contributed by atoms with Crippen LogP contribution in [0.5, 0.6) is 0 Å². The van der Waals surface area contributed by atoms with Crippen molar-refractivity contribution in [2.45, 2.75) is 20.1 Å². The highest BCUT2D eigenvalue weighted by Gasteiger charge is 2.32. The highest BCUT2D eigenvalue weighted by atomic mass is 16.5. The van der Waals surface area contributed by atoms with Crippen molar-refractivity contribution in [3.8, 4) is 0 Å². The summed E-state index contributed by atoms with van der Waals surface area (Å²) in [5, 5.41) is 5.70. The Bertz CT molecular complexity index is 678. The normalized spacial score (nSPS) is 17.3. The van der Waals surface area contributed by atoms with Crippen molar-refractivity contribution in [1.82, 2.24) is 5.01 Å². The number of benzene rings is 2. The molecule has 0 bridgehead atoms. The van der Waals surface area contributed by atoms with Gasteiger partial charge < -0.3 is 4.74 Å². The lowest BCUT2D eigenvalue weighted by molar-refractivity contribution is -0.135. The van der Waals surface area contributed by atoms with Crippen molar-refractivity contribution in [1.29, 1.82) is 0 Å². The summed E-state index contributed by atoms with van der Waals surface area (Å²) >= 11 is 0. The molecule has 106 valence electrons. The Kier molecular flexibility index (Phi) is 3.44. The molecule has 3 rings (SSSR count). The number of aryl methyl sites for hydroxylation is 1. The molecule has 0 radical (unpaired) electrons. The molecule has 2 aromatic rings. The van der Waals surface area contributed by atoms with Gasteiger partial charge in [-0.05, 0) is 19.1 Å². The van der Waals surface area contributed by atoms with E-state index in [1.165, 1.54) is 11.9 Å². The zero-order chi connectivity index (χ0) is 14.8.